The molecule has 0 fully saturated rings. The van der Waals surface area contributed by atoms with E-state index in [-0.39, 0.29) is 6.54 Å². The molecule has 0 bridgehead atoms. The zero-order chi connectivity index (χ0) is 17.4. The van der Waals surface area contributed by atoms with Crippen molar-refractivity contribution in [3.63, 3.8) is 0 Å². The van der Waals surface area contributed by atoms with Gasteiger partial charge in [-0.25, -0.2) is 9.98 Å². The minimum atomic E-state index is -1.05. The van der Waals surface area contributed by atoms with Gasteiger partial charge in [-0.2, -0.15) is 5.10 Å². The second-order valence-electron chi connectivity index (χ2n) is 5.95. The average molecular weight is 333 g/mol. The van der Waals surface area contributed by atoms with Crippen LogP contribution in [0.25, 0.3) is 0 Å². The maximum absolute atomic E-state index is 10.6. The number of rotatable bonds is 8. The highest BCUT2D eigenvalue weighted by atomic mass is 16.3. The van der Waals surface area contributed by atoms with Crippen molar-refractivity contribution in [1.82, 2.24) is 30.0 Å². The standard InChI is InChI=1S/C16H27N7O/c1-4-18-15(19-6-5-8-23-9-7-17-13-23)20-12-16(2,24)14-10-21-22(3)11-14/h7,9-11,13,24H,4-6,8,12H2,1-3H3,(H2,18,19,20). The first kappa shape index (κ1) is 18.0. The van der Waals surface area contributed by atoms with Crippen molar-refractivity contribution in [3.05, 3.63) is 36.7 Å². The van der Waals surface area contributed by atoms with Crippen LogP contribution < -0.4 is 10.6 Å². The Labute approximate surface area is 142 Å². The lowest BCUT2D eigenvalue weighted by Gasteiger charge is -2.20. The number of aliphatic imine (C=N–C) groups is 1. The first-order valence-electron chi connectivity index (χ1n) is 8.20. The molecular formula is C16H27N7O. The van der Waals surface area contributed by atoms with Crippen molar-refractivity contribution in [2.75, 3.05) is 19.6 Å². The Hall–Kier alpha value is -2.35. The molecule has 132 valence electrons. The van der Waals surface area contributed by atoms with Crippen LogP contribution >= 0.6 is 0 Å². The highest BCUT2D eigenvalue weighted by Gasteiger charge is 2.24. The first-order valence-corrected chi connectivity index (χ1v) is 8.20. The third kappa shape index (κ3) is 5.38. The smallest absolute Gasteiger partial charge is 0.191 e. The van der Waals surface area contributed by atoms with Gasteiger partial charge in [0.25, 0.3) is 0 Å². The van der Waals surface area contributed by atoms with E-state index >= 15 is 0 Å². The van der Waals surface area contributed by atoms with Gasteiger partial charge in [-0.1, -0.05) is 0 Å². The van der Waals surface area contributed by atoms with Crippen LogP contribution in [0.15, 0.2) is 36.1 Å². The molecule has 0 spiro atoms. The van der Waals surface area contributed by atoms with Gasteiger partial charge in [-0.15, -0.1) is 0 Å². The van der Waals surface area contributed by atoms with E-state index in [9.17, 15) is 5.11 Å². The largest absolute Gasteiger partial charge is 0.383 e. The molecule has 0 radical (unpaired) electrons. The maximum atomic E-state index is 10.6. The monoisotopic (exact) mass is 333 g/mol. The van der Waals surface area contributed by atoms with Crippen LogP contribution in [0.5, 0.6) is 0 Å². The van der Waals surface area contributed by atoms with Crippen LogP contribution in [0.3, 0.4) is 0 Å². The Kier molecular flexibility index (Phi) is 6.36. The fraction of sp³-hybridized carbons (Fsp3) is 0.562. The minimum Gasteiger partial charge on any atom is -0.383 e. The van der Waals surface area contributed by atoms with Crippen LogP contribution in [0.2, 0.25) is 0 Å². The van der Waals surface area contributed by atoms with Gasteiger partial charge in [-0.05, 0) is 20.3 Å². The van der Waals surface area contributed by atoms with Crippen molar-refractivity contribution in [2.45, 2.75) is 32.4 Å². The summed E-state index contributed by atoms with van der Waals surface area (Å²) in [5.41, 5.74) is -0.294. The van der Waals surface area contributed by atoms with E-state index in [4.69, 9.17) is 0 Å². The number of nitrogens with one attached hydrogen (secondary N) is 2. The van der Waals surface area contributed by atoms with E-state index in [2.05, 4.69) is 25.7 Å². The SMILES string of the molecule is CCNC(=NCC(C)(O)c1cnn(C)c1)NCCCn1ccnc1. The van der Waals surface area contributed by atoms with E-state index in [1.807, 2.05) is 31.1 Å². The molecule has 3 N–H and O–H groups in total. The second-order valence-corrected chi connectivity index (χ2v) is 5.95. The number of hydrogen-bond donors (Lipinski definition) is 3. The van der Waals surface area contributed by atoms with Crippen molar-refractivity contribution in [1.29, 1.82) is 0 Å². The molecule has 0 aromatic carbocycles. The lowest BCUT2D eigenvalue weighted by atomic mass is 10.0. The third-order valence-electron chi connectivity index (χ3n) is 3.66. The molecule has 0 aliphatic carbocycles. The molecule has 0 aliphatic rings. The molecule has 2 heterocycles. The van der Waals surface area contributed by atoms with Crippen LogP contribution in [0, 0.1) is 0 Å². The molecule has 8 heteroatoms. The number of guanidine groups is 1. The molecule has 2 rings (SSSR count). The highest BCUT2D eigenvalue weighted by molar-refractivity contribution is 5.79. The number of imidazole rings is 1. The van der Waals surface area contributed by atoms with E-state index in [0.29, 0.717) is 5.96 Å². The van der Waals surface area contributed by atoms with Gasteiger partial charge in [0.15, 0.2) is 5.96 Å². The summed E-state index contributed by atoms with van der Waals surface area (Å²) in [6, 6.07) is 0. The summed E-state index contributed by atoms with van der Waals surface area (Å²) in [7, 11) is 1.83. The van der Waals surface area contributed by atoms with Gasteiger partial charge in [0.1, 0.15) is 5.60 Å². The minimum absolute atomic E-state index is 0.259. The van der Waals surface area contributed by atoms with Crippen molar-refractivity contribution < 1.29 is 5.11 Å². The summed E-state index contributed by atoms with van der Waals surface area (Å²) in [5, 5.41) is 21.2. The summed E-state index contributed by atoms with van der Waals surface area (Å²) < 4.78 is 3.71. The van der Waals surface area contributed by atoms with Gasteiger partial charge in [0.05, 0.1) is 19.1 Å². The zero-order valence-corrected chi connectivity index (χ0v) is 14.6. The normalized spacial score (nSPS) is 14.4. The number of nitrogens with zero attached hydrogens (tertiary/aromatic N) is 5. The highest BCUT2D eigenvalue weighted by Crippen LogP contribution is 2.19. The molecule has 8 nitrogen and oxygen atoms in total. The van der Waals surface area contributed by atoms with E-state index in [1.54, 1.807) is 30.2 Å². The van der Waals surface area contributed by atoms with E-state index < -0.39 is 5.60 Å². The van der Waals surface area contributed by atoms with Crippen molar-refractivity contribution in [2.24, 2.45) is 12.0 Å². The molecule has 0 saturated heterocycles. The van der Waals surface area contributed by atoms with Gasteiger partial charge < -0.3 is 20.3 Å². The zero-order valence-electron chi connectivity index (χ0n) is 14.6. The van der Waals surface area contributed by atoms with Gasteiger partial charge in [0, 0.05) is 50.8 Å². The van der Waals surface area contributed by atoms with E-state index in [0.717, 1.165) is 31.6 Å². The third-order valence-corrected chi connectivity index (χ3v) is 3.66. The molecule has 0 amide bonds. The van der Waals surface area contributed by atoms with Gasteiger partial charge >= 0.3 is 0 Å². The van der Waals surface area contributed by atoms with Crippen molar-refractivity contribution >= 4 is 5.96 Å². The topological polar surface area (TPSA) is 92.3 Å². The first-order chi connectivity index (χ1) is 11.5. The Morgan fingerprint density at radius 1 is 1.42 bits per heavy atom. The maximum Gasteiger partial charge on any atom is 0.191 e. The number of aryl methyl sites for hydroxylation is 2. The van der Waals surface area contributed by atoms with Crippen LogP contribution in [-0.2, 0) is 19.2 Å². The van der Waals surface area contributed by atoms with Gasteiger partial charge in [0.2, 0.25) is 0 Å². The predicted molar refractivity (Wildman–Crippen MR) is 93.6 cm³/mol. The average Bonchev–Trinajstić information content (AvgIpc) is 3.20. The Balaban J connectivity index is 1.85. The molecule has 24 heavy (non-hydrogen) atoms. The summed E-state index contributed by atoms with van der Waals surface area (Å²) >= 11 is 0. The van der Waals surface area contributed by atoms with Crippen LogP contribution in [-0.4, -0.2) is 50.0 Å². The summed E-state index contributed by atoms with van der Waals surface area (Å²) in [4.78, 5) is 8.52. The quantitative estimate of drug-likeness (QED) is 0.371. The predicted octanol–water partition coefficient (Wildman–Crippen LogP) is 0.470. The van der Waals surface area contributed by atoms with Crippen molar-refractivity contribution in [3.8, 4) is 0 Å². The molecular weight excluding hydrogens is 306 g/mol. The Morgan fingerprint density at radius 2 is 2.25 bits per heavy atom. The fourth-order valence-corrected chi connectivity index (χ4v) is 2.25. The molecule has 0 saturated carbocycles. The Bertz CT molecular complexity index is 631. The molecule has 2 aromatic rings. The lowest BCUT2D eigenvalue weighted by molar-refractivity contribution is 0.0672. The fourth-order valence-electron chi connectivity index (χ4n) is 2.25. The second kappa shape index (κ2) is 8.49. The number of aliphatic hydroxyl groups is 1. The molecule has 0 aliphatic heterocycles. The molecule has 1 unspecified atom stereocenters. The van der Waals surface area contributed by atoms with Crippen LogP contribution in [0.4, 0.5) is 0 Å². The number of aromatic nitrogens is 4. The molecule has 1 atom stereocenters. The van der Waals surface area contributed by atoms with Crippen LogP contribution in [0.1, 0.15) is 25.8 Å². The summed E-state index contributed by atoms with van der Waals surface area (Å²) in [5.74, 6) is 0.701. The van der Waals surface area contributed by atoms with E-state index in [1.165, 1.54) is 0 Å². The number of hydrogen-bond acceptors (Lipinski definition) is 4. The summed E-state index contributed by atoms with van der Waals surface area (Å²) in [6.07, 6.45) is 9.97. The van der Waals surface area contributed by atoms with Gasteiger partial charge in [-0.3, -0.25) is 4.68 Å². The lowest BCUT2D eigenvalue weighted by Crippen LogP contribution is -2.39. The summed E-state index contributed by atoms with van der Waals surface area (Å²) in [6.45, 7) is 6.48. The molecule has 2 aromatic heterocycles. The Morgan fingerprint density at radius 3 is 2.88 bits per heavy atom.